The van der Waals surface area contributed by atoms with Gasteiger partial charge in [-0.2, -0.15) is 5.10 Å². The van der Waals surface area contributed by atoms with Crippen LogP contribution in [0.5, 0.6) is 11.5 Å². The summed E-state index contributed by atoms with van der Waals surface area (Å²) in [6.07, 6.45) is 6.21. The molecule has 0 bridgehead atoms. The van der Waals surface area contributed by atoms with Crippen molar-refractivity contribution < 1.29 is 42.5 Å². The Kier molecular flexibility index (Phi) is 13.5. The lowest BCUT2D eigenvalue weighted by Gasteiger charge is -2.38. The van der Waals surface area contributed by atoms with E-state index in [2.05, 4.69) is 37.7 Å². The maximum absolute atomic E-state index is 16.5. The first-order valence-electron chi connectivity index (χ1n) is 24.7. The van der Waals surface area contributed by atoms with E-state index in [1.165, 1.54) is 28.7 Å². The van der Waals surface area contributed by atoms with Gasteiger partial charge in [0.2, 0.25) is 17.7 Å². The molecule has 0 spiro atoms. The minimum Gasteiger partial charge on any atom is -0.488 e. The van der Waals surface area contributed by atoms with Gasteiger partial charge in [-0.15, -0.1) is 0 Å². The number of amides is 5. The Labute approximate surface area is 415 Å². The molecule has 0 radical (unpaired) electrons. The Morgan fingerprint density at radius 1 is 0.972 bits per heavy atom. The summed E-state index contributed by atoms with van der Waals surface area (Å²) < 4.78 is 46.4. The van der Waals surface area contributed by atoms with Crippen molar-refractivity contribution >= 4 is 52.1 Å². The third-order valence-electron chi connectivity index (χ3n) is 15.8. The molecule has 18 heteroatoms. The highest BCUT2D eigenvalue weighted by Crippen LogP contribution is 2.56. The zero-order valence-corrected chi connectivity index (χ0v) is 40.7. The number of imide groups is 1. The van der Waals surface area contributed by atoms with Gasteiger partial charge in [-0.05, 0) is 99.3 Å². The molecule has 5 heterocycles. The van der Waals surface area contributed by atoms with Crippen LogP contribution in [-0.2, 0) is 22.2 Å². The SMILES string of the molecule is C[C@H]1c2c(cc(F)c(Cl)c2-c2c(C(N)=O)ccc(OCCO)c2F)OC1(CNC1CCC(C(=O)N2CC[C@H](N3CCC(c4ccc5c(N6CCC(=O)NC6=O)nn(C)c5c4)CC3)C2)CC1)c1ccccc1. The van der Waals surface area contributed by atoms with Crippen molar-refractivity contribution in [2.45, 2.75) is 87.8 Å². The van der Waals surface area contributed by atoms with Crippen LogP contribution in [0.4, 0.5) is 19.4 Å². The van der Waals surface area contributed by atoms with Crippen LogP contribution in [-0.4, -0.2) is 113 Å². The predicted molar refractivity (Wildman–Crippen MR) is 264 cm³/mol. The zero-order valence-electron chi connectivity index (χ0n) is 39.9. The minimum atomic E-state index is -1.11. The second kappa shape index (κ2) is 19.8. The highest BCUT2D eigenvalue weighted by Gasteiger charge is 2.50. The van der Waals surface area contributed by atoms with E-state index in [0.29, 0.717) is 36.4 Å². The van der Waals surface area contributed by atoms with Gasteiger partial charge < -0.3 is 30.5 Å². The number of halogens is 3. The molecule has 3 atom stereocenters. The lowest BCUT2D eigenvalue weighted by molar-refractivity contribution is -0.135. The summed E-state index contributed by atoms with van der Waals surface area (Å²) in [5.74, 6) is -2.60. The summed E-state index contributed by atoms with van der Waals surface area (Å²) >= 11 is 6.73. The van der Waals surface area contributed by atoms with Gasteiger partial charge in [0.05, 0.1) is 22.7 Å². The van der Waals surface area contributed by atoms with Crippen molar-refractivity contribution in [2.24, 2.45) is 18.7 Å². The molecule has 10 rings (SSSR count). The number of rotatable bonds is 13. The van der Waals surface area contributed by atoms with Crippen molar-refractivity contribution in [3.05, 3.63) is 106 Å². The summed E-state index contributed by atoms with van der Waals surface area (Å²) in [5.41, 5.74) is 7.50. The van der Waals surface area contributed by atoms with E-state index in [1.54, 1.807) is 4.68 Å². The molecular formula is C53H59ClF2N8O7. The van der Waals surface area contributed by atoms with Gasteiger partial charge in [-0.25, -0.2) is 13.6 Å². The van der Waals surface area contributed by atoms with E-state index < -0.39 is 40.1 Å². The molecule has 3 saturated heterocycles. The molecule has 1 aliphatic carbocycles. The molecule has 15 nitrogen and oxygen atoms in total. The molecule has 4 aliphatic heterocycles. The normalized spacial score (nSPS) is 24.0. The number of benzene rings is 4. The maximum Gasteiger partial charge on any atom is 0.329 e. The Balaban J connectivity index is 0.767. The summed E-state index contributed by atoms with van der Waals surface area (Å²) in [5, 5.41) is 20.6. The number of aliphatic hydroxyl groups is 1. The van der Waals surface area contributed by atoms with Gasteiger partial charge in [0.1, 0.15) is 18.2 Å². The lowest BCUT2D eigenvalue weighted by Crippen LogP contribution is -2.49. The number of aliphatic hydroxyl groups excluding tert-OH is 1. The lowest BCUT2D eigenvalue weighted by atomic mass is 9.77. The quantitative estimate of drug-likeness (QED) is 0.0949. The van der Waals surface area contributed by atoms with Crippen LogP contribution >= 0.6 is 11.6 Å². The van der Waals surface area contributed by atoms with Crippen molar-refractivity contribution in [1.82, 2.24) is 30.2 Å². The smallest absolute Gasteiger partial charge is 0.329 e. The number of aromatic nitrogens is 2. The number of primary amides is 1. The molecule has 1 aromatic heterocycles. The number of nitrogens with one attached hydrogen (secondary N) is 2. The number of ether oxygens (including phenoxy) is 2. The summed E-state index contributed by atoms with van der Waals surface area (Å²) in [7, 11) is 1.88. The average molecular weight is 994 g/mol. The largest absolute Gasteiger partial charge is 0.488 e. The first kappa shape index (κ1) is 48.5. The zero-order chi connectivity index (χ0) is 49.7. The average Bonchev–Trinajstić information content (AvgIpc) is 4.08. The number of fused-ring (bicyclic) bond motifs is 2. The molecule has 4 fully saturated rings. The topological polar surface area (TPSA) is 185 Å². The first-order chi connectivity index (χ1) is 34.3. The van der Waals surface area contributed by atoms with Crippen LogP contribution in [0, 0.1) is 17.6 Å². The van der Waals surface area contributed by atoms with Crippen LogP contribution in [0.1, 0.15) is 97.2 Å². The molecular weight excluding hydrogens is 934 g/mol. The predicted octanol–water partition coefficient (Wildman–Crippen LogP) is 7.11. The van der Waals surface area contributed by atoms with Crippen molar-refractivity contribution in [2.75, 3.05) is 57.4 Å². The Morgan fingerprint density at radius 3 is 2.45 bits per heavy atom. The second-order valence-corrected chi connectivity index (χ2v) is 20.1. The number of urea groups is 1. The fourth-order valence-electron chi connectivity index (χ4n) is 11.9. The Bertz CT molecular complexity index is 2890. The number of hydrogen-bond acceptors (Lipinski definition) is 10. The minimum absolute atomic E-state index is 0.0531. The van der Waals surface area contributed by atoms with E-state index in [-0.39, 0.29) is 71.6 Å². The van der Waals surface area contributed by atoms with Gasteiger partial charge in [0, 0.05) is 91.7 Å². The highest BCUT2D eigenvalue weighted by atomic mass is 35.5. The van der Waals surface area contributed by atoms with Crippen LogP contribution in [0.2, 0.25) is 5.02 Å². The number of aryl methyl sites for hydroxylation is 1. The van der Waals surface area contributed by atoms with Gasteiger partial charge in [0.15, 0.2) is 23.0 Å². The fraction of sp³-hybridized carbons (Fsp3) is 0.453. The number of nitrogens with two attached hydrogens (primary N) is 1. The standard InChI is InChI=1S/C53H59ClF2N8O7/c1-30-44-42(27-39(55)47(54)46(44)45-38(49(57)67)14-15-41(48(45)56)70-25-24-65)71-53(30,34-6-4-3-5-7-34)29-58-35-11-8-32(9-12-35)51(68)63-22-18-36(28-63)62-20-16-31(17-21-62)33-10-13-37-40(26-33)61(2)60-50(37)64-23-19-43(66)59-52(64)69/h3-7,10,13-15,26-27,30-32,35-36,58,65H,8-9,11-12,16-25,28-29H2,1-2H3,(H2,57,67)(H,59,66,69)/t30-,32?,35?,36-,53?/m0/s1. The third kappa shape index (κ3) is 8.99. The molecule has 71 heavy (non-hydrogen) atoms. The maximum atomic E-state index is 16.5. The number of piperidine rings is 1. The number of hydrogen-bond donors (Lipinski definition) is 4. The fourth-order valence-corrected chi connectivity index (χ4v) is 12.2. The highest BCUT2D eigenvalue weighted by molar-refractivity contribution is 6.34. The molecule has 1 saturated carbocycles. The van der Waals surface area contributed by atoms with E-state index in [1.807, 2.05) is 50.4 Å². The number of nitrogens with zero attached hydrogens (tertiary/aromatic N) is 5. The number of anilines is 1. The number of carbonyl (C=O) groups is 4. The van der Waals surface area contributed by atoms with Crippen molar-refractivity contribution in [3.8, 4) is 22.6 Å². The molecule has 5 N–H and O–H groups in total. The van der Waals surface area contributed by atoms with Gasteiger partial charge in [-0.3, -0.25) is 34.2 Å². The van der Waals surface area contributed by atoms with Crippen LogP contribution in [0.3, 0.4) is 0 Å². The molecule has 374 valence electrons. The number of likely N-dealkylation sites (tertiary alicyclic amines) is 2. The molecule has 5 aromatic rings. The molecule has 5 aliphatic rings. The van der Waals surface area contributed by atoms with E-state index in [9.17, 15) is 24.3 Å². The molecule has 5 amide bonds. The van der Waals surface area contributed by atoms with Crippen molar-refractivity contribution in [1.29, 1.82) is 0 Å². The van der Waals surface area contributed by atoms with Gasteiger partial charge in [-0.1, -0.05) is 54.9 Å². The second-order valence-electron chi connectivity index (χ2n) is 19.7. The third-order valence-corrected chi connectivity index (χ3v) is 16.1. The van der Waals surface area contributed by atoms with Crippen LogP contribution in [0.15, 0.2) is 66.7 Å². The van der Waals surface area contributed by atoms with Gasteiger partial charge >= 0.3 is 6.03 Å². The van der Waals surface area contributed by atoms with Crippen LogP contribution < -0.4 is 30.7 Å². The monoisotopic (exact) mass is 992 g/mol. The van der Waals surface area contributed by atoms with E-state index in [0.717, 1.165) is 87.6 Å². The Hall–Kier alpha value is -6.14. The summed E-state index contributed by atoms with van der Waals surface area (Å²) in [6, 6.07) is 19.6. The Morgan fingerprint density at radius 2 is 1.73 bits per heavy atom. The van der Waals surface area contributed by atoms with Crippen molar-refractivity contribution in [3.63, 3.8) is 0 Å². The first-order valence-corrected chi connectivity index (χ1v) is 25.1. The van der Waals surface area contributed by atoms with Crippen LogP contribution in [0.25, 0.3) is 22.0 Å². The van der Waals surface area contributed by atoms with E-state index >= 15 is 8.78 Å². The summed E-state index contributed by atoms with van der Waals surface area (Å²) in [6.45, 7) is 5.29. The number of carbonyl (C=O) groups excluding carboxylic acids is 4. The molecule has 1 unspecified atom stereocenters. The van der Waals surface area contributed by atoms with Gasteiger partial charge in [0.25, 0.3) is 0 Å². The van der Waals surface area contributed by atoms with E-state index in [4.69, 9.17) is 26.8 Å². The molecule has 4 aromatic carbocycles. The summed E-state index contributed by atoms with van der Waals surface area (Å²) in [4.78, 5) is 57.3.